The van der Waals surface area contributed by atoms with E-state index in [1.807, 2.05) is 17.5 Å². The molecule has 0 saturated carbocycles. The smallest absolute Gasteiger partial charge is 0.178 e. The van der Waals surface area contributed by atoms with Gasteiger partial charge in [0.2, 0.25) is 0 Å². The standard InChI is InChI=1S/C11H15NOS/c1-2-3-7-12-8-6-10(13)11-5-4-9-14-11/h4-5,8-9H,2-3,6-7H2,1H3. The minimum atomic E-state index is 0.167. The summed E-state index contributed by atoms with van der Waals surface area (Å²) < 4.78 is 0. The Morgan fingerprint density at radius 1 is 1.64 bits per heavy atom. The highest BCUT2D eigenvalue weighted by atomic mass is 32.1. The highest BCUT2D eigenvalue weighted by Crippen LogP contribution is 2.10. The summed E-state index contributed by atoms with van der Waals surface area (Å²) in [7, 11) is 0. The number of carbonyl (C=O) groups is 1. The lowest BCUT2D eigenvalue weighted by Gasteiger charge is -1.91. The van der Waals surface area contributed by atoms with Gasteiger partial charge < -0.3 is 0 Å². The number of nitrogens with zero attached hydrogens (tertiary/aromatic N) is 1. The number of rotatable bonds is 6. The number of carbonyl (C=O) groups excluding carboxylic acids is 1. The zero-order chi connectivity index (χ0) is 10.2. The van der Waals surface area contributed by atoms with Crippen LogP contribution < -0.4 is 0 Å². The van der Waals surface area contributed by atoms with Crippen LogP contribution in [-0.2, 0) is 0 Å². The molecular weight excluding hydrogens is 194 g/mol. The second-order valence-electron chi connectivity index (χ2n) is 3.05. The molecule has 76 valence electrons. The van der Waals surface area contributed by atoms with E-state index in [1.54, 1.807) is 6.21 Å². The molecule has 3 heteroatoms. The molecule has 0 unspecified atom stereocenters. The first kappa shape index (κ1) is 11.1. The van der Waals surface area contributed by atoms with Crippen LogP contribution in [0.4, 0.5) is 0 Å². The Bertz CT molecular complexity index is 290. The Kier molecular flexibility index (Phi) is 5.15. The van der Waals surface area contributed by atoms with Gasteiger partial charge in [-0.25, -0.2) is 0 Å². The minimum absolute atomic E-state index is 0.167. The molecule has 0 aliphatic rings. The van der Waals surface area contributed by atoms with Crippen LogP contribution in [0, 0.1) is 0 Å². The zero-order valence-electron chi connectivity index (χ0n) is 8.40. The van der Waals surface area contributed by atoms with Gasteiger partial charge in [0.1, 0.15) is 0 Å². The first-order valence-electron chi connectivity index (χ1n) is 4.89. The highest BCUT2D eigenvalue weighted by molar-refractivity contribution is 7.12. The number of aliphatic imine (C=N–C) groups is 1. The van der Waals surface area contributed by atoms with Crippen LogP contribution in [-0.4, -0.2) is 18.5 Å². The average Bonchev–Trinajstić information content (AvgIpc) is 2.70. The molecule has 0 bridgehead atoms. The summed E-state index contributed by atoms with van der Waals surface area (Å²) in [5.74, 6) is 0.167. The van der Waals surface area contributed by atoms with Crippen molar-refractivity contribution in [2.75, 3.05) is 6.54 Å². The van der Waals surface area contributed by atoms with E-state index in [0.717, 1.165) is 24.3 Å². The lowest BCUT2D eigenvalue weighted by Crippen LogP contribution is -1.96. The first-order chi connectivity index (χ1) is 6.84. The van der Waals surface area contributed by atoms with Gasteiger partial charge in [-0.2, -0.15) is 0 Å². The molecule has 0 radical (unpaired) electrons. The molecule has 0 aliphatic heterocycles. The number of hydrogen-bond donors (Lipinski definition) is 0. The van der Waals surface area contributed by atoms with Crippen LogP contribution in [0.25, 0.3) is 0 Å². The van der Waals surface area contributed by atoms with Crippen LogP contribution >= 0.6 is 11.3 Å². The SMILES string of the molecule is CCCCN=CCC(=O)c1cccs1. The summed E-state index contributed by atoms with van der Waals surface area (Å²) in [4.78, 5) is 16.5. The topological polar surface area (TPSA) is 29.4 Å². The molecule has 0 aromatic carbocycles. The second kappa shape index (κ2) is 6.49. The second-order valence-corrected chi connectivity index (χ2v) is 3.99. The Labute approximate surface area is 88.7 Å². The maximum absolute atomic E-state index is 11.5. The number of thiophene rings is 1. The van der Waals surface area contributed by atoms with Crippen LogP contribution in [0.1, 0.15) is 35.9 Å². The van der Waals surface area contributed by atoms with E-state index < -0.39 is 0 Å². The number of hydrogen-bond acceptors (Lipinski definition) is 3. The summed E-state index contributed by atoms with van der Waals surface area (Å²) in [6, 6.07) is 3.75. The van der Waals surface area contributed by atoms with Crippen molar-refractivity contribution in [1.82, 2.24) is 0 Å². The molecular formula is C11H15NOS. The van der Waals surface area contributed by atoms with Crippen molar-refractivity contribution in [3.05, 3.63) is 22.4 Å². The lowest BCUT2D eigenvalue weighted by atomic mass is 10.2. The molecule has 0 atom stereocenters. The Hall–Kier alpha value is -0.960. The van der Waals surface area contributed by atoms with E-state index >= 15 is 0 Å². The minimum Gasteiger partial charge on any atom is -0.297 e. The maximum Gasteiger partial charge on any atom is 0.178 e. The van der Waals surface area contributed by atoms with Gasteiger partial charge in [0.05, 0.1) is 4.88 Å². The molecule has 1 aromatic heterocycles. The van der Waals surface area contributed by atoms with Crippen molar-refractivity contribution in [2.24, 2.45) is 4.99 Å². The molecule has 2 nitrogen and oxygen atoms in total. The molecule has 0 spiro atoms. The van der Waals surface area contributed by atoms with Crippen molar-refractivity contribution >= 4 is 23.3 Å². The quantitative estimate of drug-likeness (QED) is 0.402. The van der Waals surface area contributed by atoms with Gasteiger partial charge in [-0.1, -0.05) is 19.4 Å². The van der Waals surface area contributed by atoms with Crippen LogP contribution in [0.2, 0.25) is 0 Å². The van der Waals surface area contributed by atoms with Gasteiger partial charge in [-0.15, -0.1) is 11.3 Å². The fourth-order valence-electron chi connectivity index (χ4n) is 1.03. The largest absolute Gasteiger partial charge is 0.297 e. The van der Waals surface area contributed by atoms with Crippen molar-refractivity contribution in [2.45, 2.75) is 26.2 Å². The predicted molar refractivity (Wildman–Crippen MR) is 61.5 cm³/mol. The fourth-order valence-corrected chi connectivity index (χ4v) is 1.70. The van der Waals surface area contributed by atoms with Gasteiger partial charge in [-0.05, 0) is 17.9 Å². The van der Waals surface area contributed by atoms with E-state index in [4.69, 9.17) is 0 Å². The molecule has 0 N–H and O–H groups in total. The maximum atomic E-state index is 11.5. The fraction of sp³-hybridized carbons (Fsp3) is 0.455. The van der Waals surface area contributed by atoms with Gasteiger partial charge in [0, 0.05) is 19.2 Å². The third-order valence-corrected chi connectivity index (χ3v) is 2.75. The molecule has 0 amide bonds. The molecule has 0 aliphatic carbocycles. The normalized spacial score (nSPS) is 10.9. The summed E-state index contributed by atoms with van der Waals surface area (Å²) in [5.41, 5.74) is 0. The third kappa shape index (κ3) is 3.83. The Morgan fingerprint density at radius 3 is 3.14 bits per heavy atom. The molecule has 0 fully saturated rings. The van der Waals surface area contributed by atoms with Gasteiger partial charge in [-0.3, -0.25) is 9.79 Å². The van der Waals surface area contributed by atoms with Crippen molar-refractivity contribution in [3.63, 3.8) is 0 Å². The van der Waals surface area contributed by atoms with Gasteiger partial charge in [0.25, 0.3) is 0 Å². The van der Waals surface area contributed by atoms with Crippen LogP contribution in [0.3, 0.4) is 0 Å². The highest BCUT2D eigenvalue weighted by Gasteiger charge is 2.03. The average molecular weight is 209 g/mol. The van der Waals surface area contributed by atoms with Crippen molar-refractivity contribution < 1.29 is 4.79 Å². The van der Waals surface area contributed by atoms with E-state index in [2.05, 4.69) is 11.9 Å². The number of Topliss-reactive ketones (excluding diaryl/α,β-unsaturated/α-hetero) is 1. The Balaban J connectivity index is 2.25. The van der Waals surface area contributed by atoms with E-state index in [1.165, 1.54) is 11.3 Å². The van der Waals surface area contributed by atoms with Crippen LogP contribution in [0.5, 0.6) is 0 Å². The van der Waals surface area contributed by atoms with E-state index in [9.17, 15) is 4.79 Å². The van der Waals surface area contributed by atoms with E-state index in [0.29, 0.717) is 6.42 Å². The summed E-state index contributed by atoms with van der Waals surface area (Å²) >= 11 is 1.49. The Morgan fingerprint density at radius 2 is 2.50 bits per heavy atom. The van der Waals surface area contributed by atoms with Crippen LogP contribution in [0.15, 0.2) is 22.5 Å². The van der Waals surface area contributed by atoms with E-state index in [-0.39, 0.29) is 5.78 Å². The number of ketones is 1. The molecule has 14 heavy (non-hydrogen) atoms. The predicted octanol–water partition coefficient (Wildman–Crippen LogP) is 3.19. The van der Waals surface area contributed by atoms with Gasteiger partial charge in [0.15, 0.2) is 5.78 Å². The third-order valence-electron chi connectivity index (χ3n) is 1.84. The molecule has 1 aromatic rings. The summed E-state index contributed by atoms with van der Waals surface area (Å²) in [6.45, 7) is 2.97. The summed E-state index contributed by atoms with van der Waals surface area (Å²) in [5, 5.41) is 1.92. The molecule has 0 saturated heterocycles. The number of unbranched alkanes of at least 4 members (excludes halogenated alkanes) is 1. The molecule has 1 rings (SSSR count). The lowest BCUT2D eigenvalue weighted by molar-refractivity contribution is 0.101. The summed E-state index contributed by atoms with van der Waals surface area (Å²) in [6.07, 6.45) is 4.42. The molecule has 1 heterocycles. The zero-order valence-corrected chi connectivity index (χ0v) is 9.22. The van der Waals surface area contributed by atoms with Crippen molar-refractivity contribution in [3.8, 4) is 0 Å². The monoisotopic (exact) mass is 209 g/mol. The van der Waals surface area contributed by atoms with Gasteiger partial charge >= 0.3 is 0 Å². The first-order valence-corrected chi connectivity index (χ1v) is 5.77. The van der Waals surface area contributed by atoms with Crippen molar-refractivity contribution in [1.29, 1.82) is 0 Å².